The van der Waals surface area contributed by atoms with Gasteiger partial charge in [0.25, 0.3) is 0 Å². The third kappa shape index (κ3) is 5.52. The highest BCUT2D eigenvalue weighted by Gasteiger charge is 2.30. The van der Waals surface area contributed by atoms with Crippen molar-refractivity contribution >= 4 is 44.2 Å². The highest BCUT2D eigenvalue weighted by Crippen LogP contribution is 2.22. The zero-order chi connectivity index (χ0) is 24.2. The van der Waals surface area contributed by atoms with Crippen LogP contribution in [0.15, 0.2) is 71.6 Å². The summed E-state index contributed by atoms with van der Waals surface area (Å²) in [5.41, 5.74) is 0.656. The Labute approximate surface area is 199 Å². The first kappa shape index (κ1) is 24.7. The van der Waals surface area contributed by atoms with Crippen LogP contribution in [0.3, 0.4) is 0 Å². The van der Waals surface area contributed by atoms with Crippen molar-refractivity contribution in [3.05, 3.63) is 77.3 Å². The molecule has 3 aromatic carbocycles. The zero-order valence-corrected chi connectivity index (χ0v) is 20.2. The molecule has 3 rings (SSSR count). The fourth-order valence-electron chi connectivity index (χ4n) is 3.48. The average Bonchev–Trinajstić information content (AvgIpc) is 2.82. The van der Waals surface area contributed by atoms with Crippen LogP contribution < -0.4 is 5.32 Å². The van der Waals surface area contributed by atoms with Gasteiger partial charge in [0.15, 0.2) is 0 Å². The van der Waals surface area contributed by atoms with Gasteiger partial charge in [0.05, 0.1) is 11.4 Å². The normalized spacial score (nSPS) is 12.5. The van der Waals surface area contributed by atoms with Crippen LogP contribution in [0.4, 0.5) is 0 Å². The number of fused-ring (bicyclic) bond motifs is 1. The summed E-state index contributed by atoms with van der Waals surface area (Å²) in [5, 5.41) is 4.69. The van der Waals surface area contributed by atoms with Crippen LogP contribution in [0.1, 0.15) is 12.5 Å². The van der Waals surface area contributed by atoms with E-state index in [1.54, 1.807) is 43.3 Å². The van der Waals surface area contributed by atoms with Gasteiger partial charge in [0.1, 0.15) is 6.04 Å². The maximum Gasteiger partial charge on any atom is 0.243 e. The summed E-state index contributed by atoms with van der Waals surface area (Å²) in [6.07, 6.45) is 0. The molecule has 0 saturated carbocycles. The molecule has 174 valence electrons. The van der Waals surface area contributed by atoms with Crippen molar-refractivity contribution in [1.82, 2.24) is 14.5 Å². The summed E-state index contributed by atoms with van der Waals surface area (Å²) in [6.45, 7) is 1.23. The summed E-state index contributed by atoms with van der Waals surface area (Å²) >= 11 is 6.25. The van der Waals surface area contributed by atoms with Crippen LogP contribution in [-0.4, -0.2) is 56.1 Å². The SMILES string of the molecule is CNC(=O)C(C)N(Cc1ccccc1Cl)C(=O)CN(C)S(=O)(=O)c1ccc2ccccc2c1. The molecule has 1 N–H and O–H groups in total. The fourth-order valence-corrected chi connectivity index (χ4v) is 4.83. The number of nitrogens with one attached hydrogen (secondary N) is 1. The molecule has 0 saturated heterocycles. The largest absolute Gasteiger partial charge is 0.357 e. The topological polar surface area (TPSA) is 86.8 Å². The summed E-state index contributed by atoms with van der Waals surface area (Å²) in [6, 6.07) is 18.4. The molecule has 0 fully saturated rings. The summed E-state index contributed by atoms with van der Waals surface area (Å²) in [5.74, 6) is -0.881. The van der Waals surface area contributed by atoms with Crippen molar-refractivity contribution in [2.45, 2.75) is 24.4 Å². The summed E-state index contributed by atoms with van der Waals surface area (Å²) < 4.78 is 27.3. The molecule has 0 aliphatic rings. The van der Waals surface area contributed by atoms with Crippen LogP contribution in [0, 0.1) is 0 Å². The quantitative estimate of drug-likeness (QED) is 0.528. The lowest BCUT2D eigenvalue weighted by molar-refractivity contribution is -0.140. The molecule has 33 heavy (non-hydrogen) atoms. The zero-order valence-electron chi connectivity index (χ0n) is 18.7. The number of carbonyl (C=O) groups is 2. The number of carbonyl (C=O) groups excluding carboxylic acids is 2. The number of hydrogen-bond donors (Lipinski definition) is 1. The highest BCUT2D eigenvalue weighted by molar-refractivity contribution is 7.89. The number of likely N-dealkylation sites (N-methyl/N-ethyl adjacent to an activating group) is 2. The lowest BCUT2D eigenvalue weighted by Gasteiger charge is -2.30. The molecule has 0 aliphatic carbocycles. The van der Waals surface area contributed by atoms with E-state index in [1.807, 2.05) is 24.3 Å². The van der Waals surface area contributed by atoms with Crippen LogP contribution in [0.5, 0.6) is 0 Å². The molecule has 0 radical (unpaired) electrons. The first-order chi connectivity index (χ1) is 15.6. The minimum Gasteiger partial charge on any atom is -0.357 e. The Hall–Kier alpha value is -2.94. The van der Waals surface area contributed by atoms with Crippen molar-refractivity contribution in [3.63, 3.8) is 0 Å². The van der Waals surface area contributed by atoms with E-state index in [0.29, 0.717) is 10.6 Å². The number of amides is 2. The van der Waals surface area contributed by atoms with Crippen molar-refractivity contribution in [1.29, 1.82) is 0 Å². The molecule has 9 heteroatoms. The van der Waals surface area contributed by atoms with E-state index in [9.17, 15) is 18.0 Å². The summed E-state index contributed by atoms with van der Waals surface area (Å²) in [4.78, 5) is 26.9. The maximum atomic E-state index is 13.2. The van der Waals surface area contributed by atoms with Gasteiger partial charge in [0, 0.05) is 25.7 Å². The Kier molecular flexibility index (Phi) is 7.73. The minimum atomic E-state index is -3.93. The molecule has 0 bridgehead atoms. The van der Waals surface area contributed by atoms with Gasteiger partial charge in [-0.15, -0.1) is 0 Å². The molecular weight excluding hydrogens is 462 g/mol. The fraction of sp³-hybridized carbons (Fsp3) is 0.250. The molecule has 2 amide bonds. The van der Waals surface area contributed by atoms with Crippen molar-refractivity contribution in [2.24, 2.45) is 0 Å². The molecule has 0 spiro atoms. The smallest absolute Gasteiger partial charge is 0.243 e. The Bertz CT molecular complexity index is 1280. The van der Waals surface area contributed by atoms with Gasteiger partial charge in [-0.3, -0.25) is 9.59 Å². The van der Waals surface area contributed by atoms with Gasteiger partial charge in [-0.25, -0.2) is 8.42 Å². The number of nitrogens with zero attached hydrogens (tertiary/aromatic N) is 2. The number of rotatable bonds is 8. The molecular formula is C24H26ClN3O4S. The number of hydrogen-bond acceptors (Lipinski definition) is 4. The average molecular weight is 488 g/mol. The minimum absolute atomic E-state index is 0.0664. The van der Waals surface area contributed by atoms with E-state index in [4.69, 9.17) is 11.6 Å². The Balaban J connectivity index is 1.86. The van der Waals surface area contributed by atoms with Gasteiger partial charge in [-0.05, 0) is 41.5 Å². The summed E-state index contributed by atoms with van der Waals surface area (Å²) in [7, 11) is -1.11. The number of halogens is 1. The third-order valence-corrected chi connectivity index (χ3v) is 7.67. The molecule has 1 unspecified atom stereocenters. The Morgan fingerprint density at radius 1 is 1.00 bits per heavy atom. The molecule has 1 atom stereocenters. The van der Waals surface area contributed by atoms with E-state index in [1.165, 1.54) is 25.1 Å². The first-order valence-electron chi connectivity index (χ1n) is 10.3. The monoisotopic (exact) mass is 487 g/mol. The highest BCUT2D eigenvalue weighted by atomic mass is 35.5. The predicted octanol–water partition coefficient (Wildman–Crippen LogP) is 3.28. The van der Waals surface area contributed by atoms with E-state index in [0.717, 1.165) is 15.1 Å². The number of benzene rings is 3. The second-order valence-corrected chi connectivity index (χ2v) is 10.1. The van der Waals surface area contributed by atoms with Crippen LogP contribution in [0.2, 0.25) is 5.02 Å². The van der Waals surface area contributed by atoms with Gasteiger partial charge in [-0.1, -0.05) is 60.1 Å². The van der Waals surface area contributed by atoms with Crippen LogP contribution in [0.25, 0.3) is 10.8 Å². The van der Waals surface area contributed by atoms with E-state index in [2.05, 4.69) is 5.32 Å². The van der Waals surface area contributed by atoms with Crippen molar-refractivity contribution in [2.75, 3.05) is 20.6 Å². The maximum absolute atomic E-state index is 13.2. The van der Waals surface area contributed by atoms with Gasteiger partial charge in [-0.2, -0.15) is 4.31 Å². The second kappa shape index (κ2) is 10.3. The van der Waals surface area contributed by atoms with E-state index < -0.39 is 28.5 Å². The van der Waals surface area contributed by atoms with Gasteiger partial charge < -0.3 is 10.2 Å². The van der Waals surface area contributed by atoms with E-state index >= 15 is 0 Å². The van der Waals surface area contributed by atoms with Crippen LogP contribution >= 0.6 is 11.6 Å². The van der Waals surface area contributed by atoms with E-state index in [-0.39, 0.29) is 17.3 Å². The molecule has 3 aromatic rings. The first-order valence-corrected chi connectivity index (χ1v) is 12.2. The standard InChI is InChI=1S/C24H26ClN3O4S/c1-17(24(30)26-2)28(15-20-10-6-7-11-22(20)25)23(29)16-27(3)33(31,32)21-13-12-18-8-4-5-9-19(18)14-21/h4-14,17H,15-16H2,1-3H3,(H,26,30). The molecule has 7 nitrogen and oxygen atoms in total. The second-order valence-electron chi connectivity index (χ2n) is 7.67. The molecule has 0 aromatic heterocycles. The van der Waals surface area contributed by atoms with Crippen molar-refractivity contribution < 1.29 is 18.0 Å². The van der Waals surface area contributed by atoms with Crippen LogP contribution in [-0.2, 0) is 26.2 Å². The third-order valence-electron chi connectivity index (χ3n) is 5.50. The molecule has 0 aliphatic heterocycles. The Morgan fingerprint density at radius 3 is 2.30 bits per heavy atom. The van der Waals surface area contributed by atoms with Crippen molar-refractivity contribution in [3.8, 4) is 0 Å². The van der Waals surface area contributed by atoms with Gasteiger partial charge in [0.2, 0.25) is 21.8 Å². The molecule has 0 heterocycles. The lowest BCUT2D eigenvalue weighted by atomic mass is 10.1. The number of sulfonamides is 1. The lowest BCUT2D eigenvalue weighted by Crippen LogP contribution is -2.50. The predicted molar refractivity (Wildman–Crippen MR) is 129 cm³/mol. The van der Waals surface area contributed by atoms with Gasteiger partial charge >= 0.3 is 0 Å². The Morgan fingerprint density at radius 2 is 1.64 bits per heavy atom.